The van der Waals surface area contributed by atoms with E-state index < -0.39 is 0 Å². The van der Waals surface area contributed by atoms with Crippen LogP contribution in [0.25, 0.3) is 0 Å². The number of rotatable bonds is 8. The van der Waals surface area contributed by atoms with Crippen LogP contribution in [0.5, 0.6) is 0 Å². The van der Waals surface area contributed by atoms with Gasteiger partial charge in [0.05, 0.1) is 0 Å². The van der Waals surface area contributed by atoms with E-state index in [1.807, 2.05) is 0 Å². The lowest BCUT2D eigenvalue weighted by atomic mass is 9.82. The summed E-state index contributed by atoms with van der Waals surface area (Å²) in [5.74, 6) is 1.03. The molecule has 2 aliphatic carbocycles. The Morgan fingerprint density at radius 3 is 2.45 bits per heavy atom. The fourth-order valence-corrected chi connectivity index (χ4v) is 5.00. The molecule has 2 N–H and O–H groups in total. The topological polar surface area (TPSA) is 35.9 Å². The van der Waals surface area contributed by atoms with Gasteiger partial charge in [0.2, 0.25) is 0 Å². The highest BCUT2D eigenvalue weighted by Gasteiger charge is 2.40. The van der Waals surface area contributed by atoms with Crippen molar-refractivity contribution in [2.45, 2.75) is 64.7 Å². The predicted molar refractivity (Wildman–Crippen MR) is 124 cm³/mol. The van der Waals surface area contributed by atoms with Gasteiger partial charge in [-0.1, -0.05) is 61.4 Å². The van der Waals surface area contributed by atoms with Crippen LogP contribution in [0.3, 0.4) is 0 Å². The molecule has 2 saturated carbocycles. The SMILES string of the molecule is C=C(Nc1cccc(CC2(C=N)CC2)c1C)C(c1ccc(C)cc1)C1CCCC1. The summed E-state index contributed by atoms with van der Waals surface area (Å²) in [4.78, 5) is 0. The number of aryl methyl sites for hydroxylation is 1. The number of allylic oxidation sites excluding steroid dienone is 1. The Morgan fingerprint density at radius 2 is 1.83 bits per heavy atom. The van der Waals surface area contributed by atoms with Gasteiger partial charge in [-0.3, -0.25) is 0 Å². The highest BCUT2D eigenvalue weighted by atomic mass is 14.9. The third kappa shape index (κ3) is 4.32. The molecule has 1 atom stereocenters. The molecule has 0 bridgehead atoms. The summed E-state index contributed by atoms with van der Waals surface area (Å²) in [6, 6.07) is 15.6. The van der Waals surface area contributed by atoms with Crippen LogP contribution in [0.15, 0.2) is 54.7 Å². The van der Waals surface area contributed by atoms with E-state index >= 15 is 0 Å². The van der Waals surface area contributed by atoms with Crippen LogP contribution in [0.4, 0.5) is 5.69 Å². The van der Waals surface area contributed by atoms with E-state index in [0.29, 0.717) is 11.8 Å². The highest BCUT2D eigenvalue weighted by Crippen LogP contribution is 2.47. The maximum Gasteiger partial charge on any atom is 0.0414 e. The van der Waals surface area contributed by atoms with E-state index in [1.165, 1.54) is 53.6 Å². The van der Waals surface area contributed by atoms with Gasteiger partial charge in [0.25, 0.3) is 0 Å². The third-order valence-corrected chi connectivity index (χ3v) is 7.17. The van der Waals surface area contributed by atoms with Crippen LogP contribution in [-0.2, 0) is 6.42 Å². The first-order valence-corrected chi connectivity index (χ1v) is 11.1. The van der Waals surface area contributed by atoms with Gasteiger partial charge in [0.1, 0.15) is 0 Å². The minimum Gasteiger partial charge on any atom is -0.359 e. The first-order chi connectivity index (χ1) is 14.0. The van der Waals surface area contributed by atoms with E-state index in [2.05, 4.69) is 68.2 Å². The average Bonchev–Trinajstić information content (AvgIpc) is 3.29. The van der Waals surface area contributed by atoms with Crippen molar-refractivity contribution >= 4 is 11.9 Å². The number of benzene rings is 2. The molecule has 0 saturated heterocycles. The molecular weight excluding hydrogens is 352 g/mol. The van der Waals surface area contributed by atoms with E-state index in [9.17, 15) is 0 Å². The Kier molecular flexibility index (Phi) is 5.63. The zero-order valence-corrected chi connectivity index (χ0v) is 17.9. The second-order valence-corrected chi connectivity index (χ2v) is 9.36. The third-order valence-electron chi connectivity index (χ3n) is 7.17. The molecule has 2 heteroatoms. The van der Waals surface area contributed by atoms with Crippen LogP contribution < -0.4 is 5.32 Å². The second-order valence-electron chi connectivity index (χ2n) is 9.36. The van der Waals surface area contributed by atoms with E-state index in [0.717, 1.165) is 25.0 Å². The van der Waals surface area contributed by atoms with Crippen molar-refractivity contribution < 1.29 is 0 Å². The van der Waals surface area contributed by atoms with Crippen molar-refractivity contribution in [2.75, 3.05) is 5.32 Å². The van der Waals surface area contributed by atoms with Gasteiger partial charge in [0, 0.05) is 28.9 Å². The summed E-state index contributed by atoms with van der Waals surface area (Å²) in [7, 11) is 0. The van der Waals surface area contributed by atoms with Crippen molar-refractivity contribution in [3.05, 3.63) is 77.0 Å². The number of hydrogen-bond acceptors (Lipinski definition) is 2. The van der Waals surface area contributed by atoms with Crippen molar-refractivity contribution in [1.82, 2.24) is 0 Å². The lowest BCUT2D eigenvalue weighted by Gasteiger charge is -2.28. The van der Waals surface area contributed by atoms with E-state index in [1.54, 1.807) is 6.21 Å². The molecule has 0 spiro atoms. The molecule has 0 amide bonds. The van der Waals surface area contributed by atoms with Crippen molar-refractivity contribution in [2.24, 2.45) is 11.3 Å². The summed E-state index contributed by atoms with van der Waals surface area (Å²) in [6.07, 6.45) is 10.2. The van der Waals surface area contributed by atoms with Crippen LogP contribution in [0, 0.1) is 30.6 Å². The quantitative estimate of drug-likeness (QED) is 0.463. The molecule has 1 unspecified atom stereocenters. The van der Waals surface area contributed by atoms with Crippen LogP contribution in [0.2, 0.25) is 0 Å². The average molecular weight is 387 g/mol. The molecule has 0 radical (unpaired) electrons. The molecule has 0 aromatic heterocycles. The van der Waals surface area contributed by atoms with Gasteiger partial charge < -0.3 is 10.7 Å². The van der Waals surface area contributed by atoms with Crippen LogP contribution >= 0.6 is 0 Å². The molecule has 2 fully saturated rings. The first-order valence-electron chi connectivity index (χ1n) is 11.1. The van der Waals surface area contributed by atoms with E-state index in [4.69, 9.17) is 5.41 Å². The largest absolute Gasteiger partial charge is 0.359 e. The lowest BCUT2D eigenvalue weighted by Crippen LogP contribution is -2.18. The molecule has 2 aromatic rings. The Morgan fingerprint density at radius 1 is 1.14 bits per heavy atom. The number of hydrogen-bond donors (Lipinski definition) is 2. The summed E-state index contributed by atoms with van der Waals surface area (Å²) in [5.41, 5.74) is 7.76. The molecule has 2 aromatic carbocycles. The van der Waals surface area contributed by atoms with Gasteiger partial charge in [-0.2, -0.15) is 0 Å². The zero-order chi connectivity index (χ0) is 20.4. The summed E-state index contributed by atoms with van der Waals surface area (Å²) in [5, 5.41) is 11.5. The Hall–Kier alpha value is -2.35. The van der Waals surface area contributed by atoms with Gasteiger partial charge in [-0.25, -0.2) is 0 Å². The molecule has 0 aliphatic heterocycles. The predicted octanol–water partition coefficient (Wildman–Crippen LogP) is 7.18. The minimum absolute atomic E-state index is 0.120. The molecule has 0 heterocycles. The highest BCUT2D eigenvalue weighted by molar-refractivity contribution is 5.68. The maximum absolute atomic E-state index is 7.76. The van der Waals surface area contributed by atoms with Crippen LogP contribution in [-0.4, -0.2) is 6.21 Å². The summed E-state index contributed by atoms with van der Waals surface area (Å²) >= 11 is 0. The maximum atomic E-state index is 7.76. The first kappa shape index (κ1) is 19.9. The van der Waals surface area contributed by atoms with E-state index in [-0.39, 0.29) is 5.41 Å². The molecule has 152 valence electrons. The molecule has 2 nitrogen and oxygen atoms in total. The van der Waals surface area contributed by atoms with Gasteiger partial charge >= 0.3 is 0 Å². The molecule has 2 aliphatic rings. The fourth-order valence-electron chi connectivity index (χ4n) is 5.00. The number of anilines is 1. The van der Waals surface area contributed by atoms with Gasteiger partial charge in [0.15, 0.2) is 0 Å². The van der Waals surface area contributed by atoms with Gasteiger partial charge in [-0.15, -0.1) is 0 Å². The molecule has 29 heavy (non-hydrogen) atoms. The number of nitrogens with one attached hydrogen (secondary N) is 2. The summed E-state index contributed by atoms with van der Waals surface area (Å²) in [6.45, 7) is 8.88. The monoisotopic (exact) mass is 386 g/mol. The second kappa shape index (κ2) is 8.18. The normalized spacial score (nSPS) is 19.0. The van der Waals surface area contributed by atoms with Crippen molar-refractivity contribution in [3.8, 4) is 0 Å². The summed E-state index contributed by atoms with van der Waals surface area (Å²) < 4.78 is 0. The molecular formula is C27H34N2. The smallest absolute Gasteiger partial charge is 0.0414 e. The van der Waals surface area contributed by atoms with Crippen molar-refractivity contribution in [3.63, 3.8) is 0 Å². The zero-order valence-electron chi connectivity index (χ0n) is 17.9. The van der Waals surface area contributed by atoms with Crippen LogP contribution in [0.1, 0.15) is 66.7 Å². The minimum atomic E-state index is 0.120. The van der Waals surface area contributed by atoms with Gasteiger partial charge in [-0.05, 0) is 74.6 Å². The Bertz CT molecular complexity index is 883. The molecule has 4 rings (SSSR count). The lowest BCUT2D eigenvalue weighted by molar-refractivity contribution is 0.479. The van der Waals surface area contributed by atoms with Crippen molar-refractivity contribution in [1.29, 1.82) is 5.41 Å². The Balaban J connectivity index is 1.57. The Labute approximate surface area is 175 Å². The standard InChI is InChI=1S/C27H34N2/c1-19-11-13-23(14-12-19)26(22-7-4-5-8-22)21(3)29-25-10-6-9-24(20(25)2)17-27(18-28)15-16-27/h6,9-14,18,22,26,28-29H,3-5,7-8,15-17H2,1-2H3. The fraction of sp³-hybridized carbons (Fsp3) is 0.444.